The van der Waals surface area contributed by atoms with E-state index in [0.29, 0.717) is 0 Å². The second kappa shape index (κ2) is 13.0. The average Bonchev–Trinajstić information content (AvgIpc) is 2.88. The third-order valence-corrected chi connectivity index (χ3v) is 15.5. The summed E-state index contributed by atoms with van der Waals surface area (Å²) < 4.78 is 52.2. The smallest absolute Gasteiger partial charge is 0.376 e. The highest BCUT2D eigenvalue weighted by Crippen LogP contribution is 2.25. The molecule has 0 radical (unpaired) electrons. The van der Waals surface area contributed by atoms with Crippen molar-refractivity contribution < 1.29 is 39.8 Å². The highest BCUT2D eigenvalue weighted by Gasteiger charge is 2.53. The van der Waals surface area contributed by atoms with Gasteiger partial charge in [0.15, 0.2) is 0 Å². The van der Waals surface area contributed by atoms with E-state index in [1.807, 2.05) is 0 Å². The molecule has 1 heterocycles. The molecule has 0 aliphatic rings. The number of nitrogens with zero attached hydrogens (tertiary/aromatic N) is 3. The molecule has 1 aromatic heterocycles. The summed E-state index contributed by atoms with van der Waals surface area (Å²) in [6.45, 7) is 4.59. The zero-order valence-corrected chi connectivity index (χ0v) is 26.0. The summed E-state index contributed by atoms with van der Waals surface area (Å²) in [4.78, 5) is 41.6. The van der Waals surface area contributed by atoms with Crippen LogP contribution in [0.3, 0.4) is 0 Å². The fourth-order valence-corrected chi connectivity index (χ4v) is 10.5. The summed E-state index contributed by atoms with van der Waals surface area (Å²) in [7, 11) is 1.22. The molecule has 36 heavy (non-hydrogen) atoms. The lowest BCUT2D eigenvalue weighted by Crippen LogP contribution is -2.66. The summed E-state index contributed by atoms with van der Waals surface area (Å²) in [6, 6.07) is 0. The molecule has 0 amide bonds. The predicted octanol–water partition coefficient (Wildman–Crippen LogP) is -0.893. The quantitative estimate of drug-likeness (QED) is 0.240. The molecule has 0 bridgehead atoms. The van der Waals surface area contributed by atoms with E-state index in [9.17, 15) is 14.4 Å². The molecule has 18 heteroatoms. The SMILES string of the molecule is CO[Si](OC)(OC)C(C)n1c(=O)n(C(C)[Si](OC)(OC)OC)c(=O)n(C(C)[Si](OC)(OC)OC)c1=O. The van der Waals surface area contributed by atoms with Gasteiger partial charge in [-0.3, -0.25) is 0 Å². The minimum atomic E-state index is -3.63. The van der Waals surface area contributed by atoms with Crippen LogP contribution in [0.1, 0.15) is 37.8 Å². The Morgan fingerprint density at radius 2 is 0.556 bits per heavy atom. The van der Waals surface area contributed by atoms with Crippen molar-refractivity contribution in [2.24, 2.45) is 0 Å². The molecule has 0 N–H and O–H groups in total. The monoisotopic (exact) mass is 573 g/mol. The second-order valence-electron chi connectivity index (χ2n) is 7.63. The highest BCUT2D eigenvalue weighted by molar-refractivity contribution is 6.62. The van der Waals surface area contributed by atoms with Crippen LogP contribution in [0.15, 0.2) is 14.4 Å². The Morgan fingerprint density at radius 3 is 0.667 bits per heavy atom. The van der Waals surface area contributed by atoms with Crippen molar-refractivity contribution in [3.8, 4) is 0 Å². The maximum Gasteiger partial charge on any atom is 0.524 e. The van der Waals surface area contributed by atoms with E-state index in [-0.39, 0.29) is 0 Å². The van der Waals surface area contributed by atoms with E-state index < -0.39 is 60.5 Å². The van der Waals surface area contributed by atoms with Gasteiger partial charge < -0.3 is 39.8 Å². The van der Waals surface area contributed by atoms with Crippen LogP contribution in [0.4, 0.5) is 0 Å². The van der Waals surface area contributed by atoms with Gasteiger partial charge in [0.1, 0.15) is 17.0 Å². The van der Waals surface area contributed by atoms with E-state index in [4.69, 9.17) is 39.8 Å². The normalized spacial score (nSPS) is 15.7. The Labute approximate surface area is 213 Å². The van der Waals surface area contributed by atoms with Crippen molar-refractivity contribution in [3.63, 3.8) is 0 Å². The van der Waals surface area contributed by atoms with Gasteiger partial charge in [-0.1, -0.05) is 0 Å². The van der Waals surface area contributed by atoms with Gasteiger partial charge >= 0.3 is 43.5 Å². The molecule has 0 saturated carbocycles. The van der Waals surface area contributed by atoms with Crippen LogP contribution >= 0.6 is 0 Å². The molecule has 15 nitrogen and oxygen atoms in total. The van der Waals surface area contributed by atoms with Crippen molar-refractivity contribution in [2.75, 3.05) is 64.0 Å². The lowest BCUT2D eigenvalue weighted by molar-refractivity contribution is 0.0929. The van der Waals surface area contributed by atoms with E-state index >= 15 is 0 Å². The molecular weight excluding hydrogens is 534 g/mol. The van der Waals surface area contributed by atoms with E-state index in [1.165, 1.54) is 84.8 Å². The van der Waals surface area contributed by atoms with Crippen LogP contribution in [-0.4, -0.2) is 104 Å². The minimum absolute atomic E-state index is 0.845. The Hall–Kier alpha value is -1.30. The van der Waals surface area contributed by atoms with Gasteiger partial charge in [0.05, 0.1) is 0 Å². The summed E-state index contributed by atoms with van der Waals surface area (Å²) in [5.41, 5.74) is -6.04. The summed E-state index contributed by atoms with van der Waals surface area (Å²) >= 11 is 0. The molecule has 0 saturated heterocycles. The van der Waals surface area contributed by atoms with Crippen LogP contribution in [0, 0.1) is 0 Å². The van der Waals surface area contributed by atoms with Crippen molar-refractivity contribution in [3.05, 3.63) is 31.5 Å². The van der Waals surface area contributed by atoms with Gasteiger partial charge in [0.25, 0.3) is 0 Å². The fraction of sp³-hybridized carbons (Fsp3) is 0.833. The summed E-state index contributed by atoms with van der Waals surface area (Å²) in [6.07, 6.45) is 0. The molecule has 0 aromatic carbocycles. The molecule has 3 unspecified atom stereocenters. The number of rotatable bonds is 15. The first-order valence-corrected chi connectivity index (χ1v) is 16.2. The highest BCUT2D eigenvalue weighted by atomic mass is 28.4. The molecule has 1 rings (SSSR count). The maximum absolute atomic E-state index is 13.9. The number of aromatic nitrogens is 3. The Kier molecular flexibility index (Phi) is 11.8. The Morgan fingerprint density at radius 1 is 0.417 bits per heavy atom. The van der Waals surface area contributed by atoms with Gasteiger partial charge in [0, 0.05) is 64.0 Å². The number of hydrogen-bond donors (Lipinski definition) is 0. The summed E-state index contributed by atoms with van der Waals surface area (Å²) in [5, 5.41) is 0. The van der Waals surface area contributed by atoms with Crippen LogP contribution in [0.25, 0.3) is 0 Å². The van der Waals surface area contributed by atoms with E-state index in [0.717, 1.165) is 13.7 Å². The average molecular weight is 574 g/mol. The van der Waals surface area contributed by atoms with Gasteiger partial charge in [-0.2, -0.15) is 0 Å². The molecule has 3 atom stereocenters. The molecule has 210 valence electrons. The van der Waals surface area contributed by atoms with Gasteiger partial charge in [-0.15, -0.1) is 0 Å². The van der Waals surface area contributed by atoms with Crippen molar-refractivity contribution in [1.82, 2.24) is 13.7 Å². The summed E-state index contributed by atoms with van der Waals surface area (Å²) in [5.74, 6) is 0. The lowest BCUT2D eigenvalue weighted by Gasteiger charge is -2.35. The third kappa shape index (κ3) is 5.17. The number of hydrogen-bond acceptors (Lipinski definition) is 12. The standard InChI is InChI=1S/C18H39N3O12Si3/c1-13(34(25-4,26-5)27-6)19-16(22)20(14(2)35(28-7,29-8)30-9)18(24)21(17(19)23)15(3)36(31-10,32-11)33-12/h13-15H,1-12H3. The lowest BCUT2D eigenvalue weighted by atomic mass is 10.6. The first kappa shape index (κ1) is 32.7. The largest absolute Gasteiger partial charge is 0.524 e. The first-order valence-electron chi connectivity index (χ1n) is 10.8. The van der Waals surface area contributed by atoms with Gasteiger partial charge in [-0.25, -0.2) is 28.1 Å². The van der Waals surface area contributed by atoms with Crippen LogP contribution in [0.2, 0.25) is 0 Å². The molecule has 0 aliphatic carbocycles. The second-order valence-corrected chi connectivity index (χ2v) is 17.4. The van der Waals surface area contributed by atoms with Crippen molar-refractivity contribution in [2.45, 2.75) is 37.8 Å². The topological polar surface area (TPSA) is 149 Å². The predicted molar refractivity (Wildman–Crippen MR) is 134 cm³/mol. The molecule has 0 spiro atoms. The Bertz CT molecular complexity index is 849. The Balaban J connectivity index is 4.33. The maximum atomic E-state index is 13.9. The van der Waals surface area contributed by atoms with Crippen LogP contribution in [0.5, 0.6) is 0 Å². The molecule has 1 aromatic rings. The van der Waals surface area contributed by atoms with Gasteiger partial charge in [-0.05, 0) is 20.8 Å². The molecule has 0 aliphatic heterocycles. The third-order valence-electron chi connectivity index (χ3n) is 6.49. The van der Waals surface area contributed by atoms with Crippen LogP contribution < -0.4 is 17.1 Å². The van der Waals surface area contributed by atoms with Crippen LogP contribution in [-0.2, 0) is 39.8 Å². The molecular formula is C18H39N3O12Si3. The van der Waals surface area contributed by atoms with Crippen molar-refractivity contribution >= 4 is 26.4 Å². The van der Waals surface area contributed by atoms with Crippen molar-refractivity contribution in [1.29, 1.82) is 0 Å². The fourth-order valence-electron chi connectivity index (χ4n) is 4.35. The van der Waals surface area contributed by atoms with E-state index in [2.05, 4.69) is 0 Å². The minimum Gasteiger partial charge on any atom is -0.376 e. The zero-order chi connectivity index (χ0) is 28.1. The first-order chi connectivity index (χ1) is 16.9. The van der Waals surface area contributed by atoms with E-state index in [1.54, 1.807) is 0 Å². The zero-order valence-electron chi connectivity index (χ0n) is 23.0. The van der Waals surface area contributed by atoms with Gasteiger partial charge in [0.2, 0.25) is 0 Å². The molecule has 0 fully saturated rings.